The first kappa shape index (κ1) is 17.7. The van der Waals surface area contributed by atoms with Crippen LogP contribution in [0.15, 0.2) is 65.5 Å². The summed E-state index contributed by atoms with van der Waals surface area (Å²) in [6, 6.07) is 15.7. The molecule has 1 amide bonds. The summed E-state index contributed by atoms with van der Waals surface area (Å²) in [5, 5.41) is 7.75. The van der Waals surface area contributed by atoms with E-state index in [-0.39, 0.29) is 11.4 Å². The number of carbonyl (C=O) groups is 1. The summed E-state index contributed by atoms with van der Waals surface area (Å²) in [7, 11) is 1.88. The molecule has 150 valence electrons. The molecule has 3 heterocycles. The van der Waals surface area contributed by atoms with E-state index in [1.165, 1.54) is 6.39 Å². The molecule has 31 heavy (non-hydrogen) atoms. The van der Waals surface area contributed by atoms with Gasteiger partial charge in [0.2, 0.25) is 12.3 Å². The van der Waals surface area contributed by atoms with Gasteiger partial charge in [0.15, 0.2) is 5.69 Å². The highest BCUT2D eigenvalue weighted by Gasteiger charge is 2.53. The summed E-state index contributed by atoms with van der Waals surface area (Å²) in [5.74, 6) is 0.343. The van der Waals surface area contributed by atoms with Crippen molar-refractivity contribution in [3.8, 4) is 28.3 Å². The van der Waals surface area contributed by atoms with E-state index in [1.807, 2.05) is 47.0 Å². The Morgan fingerprint density at radius 1 is 1.10 bits per heavy atom. The standard InChI is InChI=1S/C24H17N5O2/c1-25-18-5-3-4-15(10-18)16-6-7-19-20(11-16)29-13-17(22-27-26-14-31-22)12-21(29)23(30)28(2)24(19)8-9-24/h3-7,10-14H,8-9H2,2H3. The molecule has 1 fully saturated rings. The van der Waals surface area contributed by atoms with Crippen molar-refractivity contribution in [2.45, 2.75) is 18.4 Å². The van der Waals surface area contributed by atoms with Gasteiger partial charge in [0.05, 0.1) is 23.4 Å². The van der Waals surface area contributed by atoms with Crippen molar-refractivity contribution in [2.24, 2.45) is 0 Å². The first-order valence-corrected chi connectivity index (χ1v) is 10.0. The third-order valence-electron chi connectivity index (χ3n) is 6.38. The van der Waals surface area contributed by atoms with Crippen LogP contribution in [0.2, 0.25) is 0 Å². The number of benzene rings is 2. The molecule has 7 nitrogen and oxygen atoms in total. The quantitative estimate of drug-likeness (QED) is 0.447. The second kappa shape index (κ2) is 6.16. The van der Waals surface area contributed by atoms with Crippen LogP contribution in [-0.4, -0.2) is 32.6 Å². The van der Waals surface area contributed by atoms with Crippen molar-refractivity contribution in [2.75, 3.05) is 7.05 Å². The number of nitrogens with zero attached hydrogens (tertiary/aromatic N) is 5. The van der Waals surface area contributed by atoms with Crippen LogP contribution in [0.25, 0.3) is 33.1 Å². The second-order valence-electron chi connectivity index (χ2n) is 8.02. The summed E-state index contributed by atoms with van der Waals surface area (Å²) >= 11 is 0. The predicted molar refractivity (Wildman–Crippen MR) is 114 cm³/mol. The first-order valence-electron chi connectivity index (χ1n) is 10.0. The fraction of sp³-hybridized carbons (Fsp3) is 0.167. The lowest BCUT2D eigenvalue weighted by Gasteiger charge is -2.27. The molecule has 7 heteroatoms. The average molecular weight is 407 g/mol. The van der Waals surface area contributed by atoms with E-state index in [2.05, 4.69) is 33.2 Å². The molecule has 0 saturated heterocycles. The molecule has 2 aromatic carbocycles. The van der Waals surface area contributed by atoms with E-state index in [0.717, 1.165) is 35.2 Å². The summed E-state index contributed by atoms with van der Waals surface area (Å²) in [4.78, 5) is 18.8. The topological polar surface area (TPSA) is 68.5 Å². The zero-order valence-electron chi connectivity index (χ0n) is 16.7. The van der Waals surface area contributed by atoms with Crippen LogP contribution in [0.5, 0.6) is 0 Å². The largest absolute Gasteiger partial charge is 0.423 e. The fourth-order valence-corrected chi connectivity index (χ4v) is 4.57. The first-order chi connectivity index (χ1) is 15.1. The minimum atomic E-state index is -0.271. The molecule has 1 saturated carbocycles. The summed E-state index contributed by atoms with van der Waals surface area (Å²) in [6.45, 7) is 7.31. The fourth-order valence-electron chi connectivity index (χ4n) is 4.57. The van der Waals surface area contributed by atoms with Crippen molar-refractivity contribution in [1.29, 1.82) is 0 Å². The Morgan fingerprint density at radius 3 is 2.68 bits per heavy atom. The summed E-state index contributed by atoms with van der Waals surface area (Å²) in [6.07, 6.45) is 5.04. The lowest BCUT2D eigenvalue weighted by Crippen LogP contribution is -2.36. The molecule has 2 aromatic heterocycles. The highest BCUT2D eigenvalue weighted by atomic mass is 16.4. The van der Waals surface area contributed by atoms with Gasteiger partial charge in [0, 0.05) is 18.8 Å². The number of aromatic nitrogens is 3. The van der Waals surface area contributed by atoms with Crippen LogP contribution in [-0.2, 0) is 5.54 Å². The van der Waals surface area contributed by atoms with Gasteiger partial charge in [-0.3, -0.25) is 4.79 Å². The molecule has 1 aliphatic heterocycles. The van der Waals surface area contributed by atoms with E-state index < -0.39 is 0 Å². The van der Waals surface area contributed by atoms with E-state index in [4.69, 9.17) is 11.0 Å². The van der Waals surface area contributed by atoms with E-state index in [0.29, 0.717) is 22.8 Å². The third-order valence-corrected chi connectivity index (χ3v) is 6.38. The van der Waals surface area contributed by atoms with Crippen molar-refractivity contribution in [3.63, 3.8) is 0 Å². The second-order valence-corrected chi connectivity index (χ2v) is 8.02. The van der Waals surface area contributed by atoms with Gasteiger partial charge in [0.25, 0.3) is 5.91 Å². The van der Waals surface area contributed by atoms with Crippen LogP contribution in [0, 0.1) is 6.57 Å². The van der Waals surface area contributed by atoms with Gasteiger partial charge in [-0.2, -0.15) is 0 Å². The highest BCUT2D eigenvalue weighted by molar-refractivity contribution is 5.97. The van der Waals surface area contributed by atoms with Gasteiger partial charge in [0.1, 0.15) is 5.69 Å². The molecule has 1 spiro atoms. The number of hydrogen-bond donors (Lipinski definition) is 0. The van der Waals surface area contributed by atoms with Gasteiger partial charge in [-0.15, -0.1) is 10.2 Å². The zero-order valence-corrected chi connectivity index (χ0v) is 16.7. The predicted octanol–water partition coefficient (Wildman–Crippen LogP) is 4.82. The molecule has 6 rings (SSSR count). The van der Waals surface area contributed by atoms with Gasteiger partial charge in [-0.25, -0.2) is 4.85 Å². The molecule has 2 aliphatic rings. The van der Waals surface area contributed by atoms with Gasteiger partial charge in [-0.05, 0) is 42.2 Å². The number of carbonyl (C=O) groups excluding carboxylic acids is 1. The Kier molecular flexibility index (Phi) is 3.51. The van der Waals surface area contributed by atoms with Crippen molar-refractivity contribution in [1.82, 2.24) is 19.7 Å². The Balaban J connectivity index is 1.60. The van der Waals surface area contributed by atoms with Gasteiger partial charge < -0.3 is 13.9 Å². The lowest BCUT2D eigenvalue weighted by molar-refractivity contribution is 0.0705. The maximum Gasteiger partial charge on any atom is 0.271 e. The van der Waals surface area contributed by atoms with Crippen LogP contribution < -0.4 is 0 Å². The molecular weight excluding hydrogens is 390 g/mol. The highest BCUT2D eigenvalue weighted by Crippen LogP contribution is 2.54. The maximum absolute atomic E-state index is 13.4. The molecule has 0 unspecified atom stereocenters. The number of hydrogen-bond acceptors (Lipinski definition) is 4. The van der Waals surface area contributed by atoms with Crippen LogP contribution >= 0.6 is 0 Å². The number of fused-ring (bicyclic) bond motifs is 4. The minimum Gasteiger partial charge on any atom is -0.423 e. The van der Waals surface area contributed by atoms with E-state index >= 15 is 0 Å². The molecule has 0 N–H and O–H groups in total. The summed E-state index contributed by atoms with van der Waals surface area (Å²) in [5.41, 5.74) is 5.64. The van der Waals surface area contributed by atoms with Crippen molar-refractivity contribution >= 4 is 11.6 Å². The lowest BCUT2D eigenvalue weighted by atomic mass is 9.96. The van der Waals surface area contributed by atoms with Crippen LogP contribution in [0.3, 0.4) is 0 Å². The maximum atomic E-state index is 13.4. The van der Waals surface area contributed by atoms with E-state index in [1.54, 1.807) is 6.07 Å². The van der Waals surface area contributed by atoms with Gasteiger partial charge in [-0.1, -0.05) is 30.3 Å². The third kappa shape index (κ3) is 2.48. The zero-order chi connectivity index (χ0) is 21.2. The minimum absolute atomic E-state index is 0.0315. The van der Waals surface area contributed by atoms with Crippen molar-refractivity contribution < 1.29 is 9.21 Å². The Bertz CT molecular complexity index is 1390. The normalized spacial score (nSPS) is 15.9. The molecular formula is C24H17N5O2. The SMILES string of the molecule is [C-]#[N+]c1cccc(-c2ccc3c(c2)-n2cc(-c4nnco4)cc2C(=O)N(C)C32CC2)c1. The van der Waals surface area contributed by atoms with Crippen LogP contribution in [0.1, 0.15) is 28.9 Å². The molecule has 0 bridgehead atoms. The van der Waals surface area contributed by atoms with Gasteiger partial charge >= 0.3 is 0 Å². The number of amides is 1. The Hall–Kier alpha value is -4.18. The van der Waals surface area contributed by atoms with Crippen LogP contribution in [0.4, 0.5) is 5.69 Å². The van der Waals surface area contributed by atoms with E-state index in [9.17, 15) is 4.79 Å². The average Bonchev–Trinajstić information content (AvgIpc) is 3.23. The van der Waals surface area contributed by atoms with Crippen molar-refractivity contribution in [3.05, 3.63) is 83.8 Å². The summed E-state index contributed by atoms with van der Waals surface area (Å²) < 4.78 is 7.30. The molecule has 1 aliphatic carbocycles. The Morgan fingerprint density at radius 2 is 1.94 bits per heavy atom. The molecule has 0 radical (unpaired) electrons. The molecule has 0 atom stereocenters. The monoisotopic (exact) mass is 407 g/mol. The Labute approximate surface area is 178 Å². The number of rotatable bonds is 2. The molecule has 4 aromatic rings. The smallest absolute Gasteiger partial charge is 0.271 e.